The molecule has 8 nitrogen and oxygen atoms in total. The molecule has 1 fully saturated rings. The molecule has 0 radical (unpaired) electrons. The lowest BCUT2D eigenvalue weighted by Gasteiger charge is -2.17. The molecule has 1 N–H and O–H groups in total. The number of imide groups is 1. The van der Waals surface area contributed by atoms with Crippen molar-refractivity contribution < 1.29 is 18.0 Å². The Kier molecular flexibility index (Phi) is 5.08. The Balaban J connectivity index is 1.63. The molecule has 0 unspecified atom stereocenters. The number of fused-ring (bicyclic) bond motifs is 1. The van der Waals surface area contributed by atoms with E-state index >= 15 is 0 Å². The summed E-state index contributed by atoms with van der Waals surface area (Å²) >= 11 is 6.40. The third kappa shape index (κ3) is 3.69. The number of carbonyl (C=O) groups is 2. The van der Waals surface area contributed by atoms with Crippen molar-refractivity contribution in [1.82, 2.24) is 14.2 Å². The molecule has 2 aromatic carbocycles. The van der Waals surface area contributed by atoms with Gasteiger partial charge in [0, 0.05) is 22.8 Å². The van der Waals surface area contributed by atoms with E-state index in [4.69, 9.17) is 11.6 Å². The quantitative estimate of drug-likeness (QED) is 0.662. The van der Waals surface area contributed by atoms with Crippen LogP contribution >= 0.6 is 11.6 Å². The number of benzene rings is 2. The lowest BCUT2D eigenvalue weighted by Crippen LogP contribution is -2.40. The molecule has 30 heavy (non-hydrogen) atoms. The first-order valence-corrected chi connectivity index (χ1v) is 11.2. The smallest absolute Gasteiger partial charge is 0.307 e. The van der Waals surface area contributed by atoms with Gasteiger partial charge in [-0.2, -0.15) is 0 Å². The summed E-state index contributed by atoms with van der Waals surface area (Å²) in [7, 11) is -3.72. The fourth-order valence-electron chi connectivity index (χ4n) is 3.32. The number of anilines is 1. The van der Waals surface area contributed by atoms with Crippen LogP contribution in [-0.4, -0.2) is 54.0 Å². The number of amides is 4. The van der Waals surface area contributed by atoms with Gasteiger partial charge in [0.1, 0.15) is 0 Å². The third-order valence-corrected chi connectivity index (χ3v) is 6.23. The van der Waals surface area contributed by atoms with Crippen LogP contribution in [0.5, 0.6) is 0 Å². The summed E-state index contributed by atoms with van der Waals surface area (Å²) in [5.41, 5.74) is 1.69. The highest BCUT2D eigenvalue weighted by molar-refractivity contribution is 7.88. The van der Waals surface area contributed by atoms with Gasteiger partial charge in [0.15, 0.2) is 0 Å². The molecule has 154 valence electrons. The highest BCUT2D eigenvalue weighted by Gasteiger charge is 2.38. The van der Waals surface area contributed by atoms with Crippen LogP contribution in [0.15, 0.2) is 54.7 Å². The van der Waals surface area contributed by atoms with Gasteiger partial charge in [-0.15, -0.1) is 0 Å². The number of halogens is 1. The average Bonchev–Trinajstić information content (AvgIpc) is 3.11. The molecule has 4 amide bonds. The largest absolute Gasteiger partial charge is 0.341 e. The van der Waals surface area contributed by atoms with Gasteiger partial charge in [-0.05, 0) is 29.7 Å². The van der Waals surface area contributed by atoms with Gasteiger partial charge in [0.05, 0.1) is 30.1 Å². The van der Waals surface area contributed by atoms with Crippen molar-refractivity contribution in [3.8, 4) is 11.3 Å². The summed E-state index contributed by atoms with van der Waals surface area (Å²) in [6.07, 6.45) is 2.61. The van der Waals surface area contributed by atoms with E-state index in [0.29, 0.717) is 26.3 Å². The van der Waals surface area contributed by atoms with Crippen LogP contribution in [0.2, 0.25) is 5.02 Å². The van der Waals surface area contributed by atoms with E-state index in [0.717, 1.165) is 21.9 Å². The van der Waals surface area contributed by atoms with Crippen molar-refractivity contribution in [3.63, 3.8) is 0 Å². The van der Waals surface area contributed by atoms with Gasteiger partial charge in [-0.1, -0.05) is 35.9 Å². The van der Waals surface area contributed by atoms with Gasteiger partial charge in [-0.3, -0.25) is 4.98 Å². The zero-order valence-electron chi connectivity index (χ0n) is 15.9. The Bertz CT molecular complexity index is 1270. The molecule has 1 aliphatic rings. The fourth-order valence-corrected chi connectivity index (χ4v) is 4.33. The van der Waals surface area contributed by atoms with E-state index in [2.05, 4.69) is 10.3 Å². The van der Waals surface area contributed by atoms with E-state index in [1.54, 1.807) is 24.4 Å². The molecule has 0 spiro atoms. The van der Waals surface area contributed by atoms with E-state index < -0.39 is 22.1 Å². The van der Waals surface area contributed by atoms with Crippen LogP contribution in [0.4, 0.5) is 15.3 Å². The second-order valence-corrected chi connectivity index (χ2v) is 9.09. The first-order chi connectivity index (χ1) is 14.3. The van der Waals surface area contributed by atoms with Crippen LogP contribution in [-0.2, 0) is 10.0 Å². The van der Waals surface area contributed by atoms with Crippen LogP contribution in [0, 0.1) is 0 Å². The number of aromatic nitrogens is 1. The minimum absolute atomic E-state index is 0.0247. The van der Waals surface area contributed by atoms with Crippen molar-refractivity contribution in [2.24, 2.45) is 0 Å². The molecule has 10 heteroatoms. The predicted octanol–water partition coefficient (Wildman–Crippen LogP) is 3.78. The summed E-state index contributed by atoms with van der Waals surface area (Å²) in [6, 6.07) is 12.9. The minimum atomic E-state index is -3.72. The van der Waals surface area contributed by atoms with Crippen LogP contribution < -0.4 is 5.32 Å². The third-order valence-electron chi connectivity index (χ3n) is 4.76. The molecule has 0 saturated carbocycles. The van der Waals surface area contributed by atoms with Gasteiger partial charge in [0.25, 0.3) is 0 Å². The maximum atomic E-state index is 12.6. The van der Waals surface area contributed by atoms with Crippen LogP contribution in [0.1, 0.15) is 0 Å². The van der Waals surface area contributed by atoms with Crippen molar-refractivity contribution >= 4 is 50.1 Å². The maximum Gasteiger partial charge on any atom is 0.341 e. The van der Waals surface area contributed by atoms with Gasteiger partial charge in [0.2, 0.25) is 10.0 Å². The summed E-state index contributed by atoms with van der Waals surface area (Å²) in [5.74, 6) is 0. The van der Waals surface area contributed by atoms with E-state index in [1.807, 2.05) is 30.3 Å². The normalized spacial score (nSPS) is 14.4. The van der Waals surface area contributed by atoms with Gasteiger partial charge in [-0.25, -0.2) is 27.2 Å². The molecule has 1 aromatic heterocycles. The number of carbonyl (C=O) groups excluding carboxylic acids is 2. The van der Waals surface area contributed by atoms with Crippen molar-refractivity contribution in [1.29, 1.82) is 0 Å². The highest BCUT2D eigenvalue weighted by Crippen LogP contribution is 2.33. The van der Waals surface area contributed by atoms with Gasteiger partial charge >= 0.3 is 12.1 Å². The van der Waals surface area contributed by atoms with Crippen molar-refractivity contribution in [2.75, 3.05) is 24.7 Å². The number of sulfonamides is 1. The monoisotopic (exact) mass is 444 g/mol. The number of nitrogens with one attached hydrogen (secondary N) is 1. The Morgan fingerprint density at radius 2 is 1.90 bits per heavy atom. The molecule has 4 rings (SSSR count). The Hall–Kier alpha value is -3.17. The molecule has 3 aromatic rings. The number of hydrogen-bond acceptors (Lipinski definition) is 5. The second-order valence-electron chi connectivity index (χ2n) is 6.77. The molecule has 1 saturated heterocycles. The number of pyridine rings is 1. The lowest BCUT2D eigenvalue weighted by atomic mass is 10.0. The standard InChI is InChI=1S/C20H17ClN4O4S/c1-30(28,29)25-11-10-24(20(25)27)19(26)23-14-6-7-17(21)16(12-14)18-15-5-3-2-4-13(15)8-9-22-18/h2-9,12H,10-11H2,1H3,(H,23,26). The fraction of sp³-hybridized carbons (Fsp3) is 0.150. The van der Waals surface area contributed by atoms with Crippen molar-refractivity contribution in [2.45, 2.75) is 0 Å². The Morgan fingerprint density at radius 1 is 1.13 bits per heavy atom. The second kappa shape index (κ2) is 7.58. The first-order valence-electron chi connectivity index (χ1n) is 8.99. The zero-order chi connectivity index (χ0) is 21.5. The molecule has 1 aliphatic heterocycles. The lowest BCUT2D eigenvalue weighted by molar-refractivity contribution is 0.201. The summed E-state index contributed by atoms with van der Waals surface area (Å²) in [4.78, 5) is 30.1. The van der Waals surface area contributed by atoms with Gasteiger partial charge < -0.3 is 5.32 Å². The van der Waals surface area contributed by atoms with Crippen LogP contribution in [0.3, 0.4) is 0 Å². The number of rotatable bonds is 3. The summed E-state index contributed by atoms with van der Waals surface area (Å²) < 4.78 is 23.9. The molecular weight excluding hydrogens is 428 g/mol. The number of nitrogens with zero attached hydrogens (tertiary/aromatic N) is 3. The SMILES string of the molecule is CS(=O)(=O)N1CCN(C(=O)Nc2ccc(Cl)c(-c3nccc4ccccc34)c2)C1=O. The number of hydrogen-bond donors (Lipinski definition) is 1. The van der Waals surface area contributed by atoms with E-state index in [1.165, 1.54) is 0 Å². The summed E-state index contributed by atoms with van der Waals surface area (Å²) in [6.45, 7) is -0.0973. The Labute approximate surface area is 178 Å². The molecule has 0 bridgehead atoms. The number of urea groups is 2. The molecular formula is C20H17ClN4O4S. The van der Waals surface area contributed by atoms with E-state index in [-0.39, 0.29) is 13.1 Å². The maximum absolute atomic E-state index is 12.6. The molecule has 0 atom stereocenters. The predicted molar refractivity (Wildman–Crippen MR) is 115 cm³/mol. The zero-order valence-corrected chi connectivity index (χ0v) is 17.4. The topological polar surface area (TPSA) is 99.7 Å². The highest BCUT2D eigenvalue weighted by atomic mass is 35.5. The minimum Gasteiger partial charge on any atom is -0.307 e. The molecule has 0 aliphatic carbocycles. The molecule has 2 heterocycles. The Morgan fingerprint density at radius 3 is 2.63 bits per heavy atom. The average molecular weight is 445 g/mol. The van der Waals surface area contributed by atoms with Crippen LogP contribution in [0.25, 0.3) is 22.0 Å². The van der Waals surface area contributed by atoms with E-state index in [9.17, 15) is 18.0 Å². The summed E-state index contributed by atoms with van der Waals surface area (Å²) in [5, 5.41) is 4.99. The first kappa shape index (κ1) is 20.1. The van der Waals surface area contributed by atoms with Crippen molar-refractivity contribution in [3.05, 3.63) is 59.8 Å².